The van der Waals surface area contributed by atoms with Gasteiger partial charge in [0, 0.05) is 11.1 Å². The highest BCUT2D eigenvalue weighted by atomic mass is 16.5. The van der Waals surface area contributed by atoms with Crippen LogP contribution in [0.25, 0.3) is 5.76 Å². The Labute approximate surface area is 142 Å². The second-order valence-corrected chi connectivity index (χ2v) is 7.32. The van der Waals surface area contributed by atoms with E-state index in [9.17, 15) is 4.79 Å². The average Bonchev–Trinajstić information content (AvgIpc) is 2.65. The van der Waals surface area contributed by atoms with Gasteiger partial charge in [-0.25, -0.2) is 0 Å². The molecule has 2 aromatic rings. The van der Waals surface area contributed by atoms with Gasteiger partial charge in [0.25, 0.3) is 0 Å². The third-order valence-corrected chi connectivity index (χ3v) is 5.94. The lowest BCUT2D eigenvalue weighted by molar-refractivity contribution is 0.0522. The van der Waals surface area contributed by atoms with E-state index in [1.54, 1.807) is 0 Å². The van der Waals surface area contributed by atoms with E-state index in [0.717, 1.165) is 43.4 Å². The number of Topliss-reactive ketones (excluding diaryl/α,β-unsaturated/α-hetero) is 1. The van der Waals surface area contributed by atoms with Crippen LogP contribution in [0.1, 0.15) is 46.3 Å². The maximum Gasteiger partial charge on any atom is 0.173 e. The van der Waals surface area contributed by atoms with Gasteiger partial charge >= 0.3 is 0 Å². The van der Waals surface area contributed by atoms with E-state index in [4.69, 9.17) is 4.74 Å². The SMILES string of the molecule is O=C1c2ccccc2CCC12COC1=C(CCc3ccccc31)C2. The summed E-state index contributed by atoms with van der Waals surface area (Å²) in [4.78, 5) is 13.2. The fourth-order valence-corrected chi connectivity index (χ4v) is 4.61. The molecule has 1 spiro atoms. The van der Waals surface area contributed by atoms with Crippen LogP contribution >= 0.6 is 0 Å². The van der Waals surface area contributed by atoms with Gasteiger partial charge in [-0.15, -0.1) is 0 Å². The van der Waals surface area contributed by atoms with Crippen molar-refractivity contribution < 1.29 is 9.53 Å². The van der Waals surface area contributed by atoms with Crippen LogP contribution in [-0.2, 0) is 17.6 Å². The molecule has 0 aromatic heterocycles. The smallest absolute Gasteiger partial charge is 0.173 e. The number of carbonyl (C=O) groups is 1. The summed E-state index contributed by atoms with van der Waals surface area (Å²) in [6.45, 7) is 0.521. The Hall–Kier alpha value is -2.35. The van der Waals surface area contributed by atoms with Gasteiger partial charge in [0.05, 0.1) is 5.41 Å². The Balaban J connectivity index is 1.55. The molecule has 0 amide bonds. The summed E-state index contributed by atoms with van der Waals surface area (Å²) < 4.78 is 6.25. The first kappa shape index (κ1) is 14.0. The molecule has 0 bridgehead atoms. The van der Waals surface area contributed by atoms with Crippen LogP contribution in [0.3, 0.4) is 0 Å². The van der Waals surface area contributed by atoms with E-state index in [-0.39, 0.29) is 11.2 Å². The zero-order valence-corrected chi connectivity index (χ0v) is 13.7. The maximum atomic E-state index is 13.2. The maximum absolute atomic E-state index is 13.2. The molecule has 1 unspecified atom stereocenters. The van der Waals surface area contributed by atoms with E-state index in [0.29, 0.717) is 6.61 Å². The molecule has 2 heteroatoms. The van der Waals surface area contributed by atoms with Crippen LogP contribution in [0, 0.1) is 5.41 Å². The Morgan fingerprint density at radius 2 is 1.54 bits per heavy atom. The van der Waals surface area contributed by atoms with Crippen LogP contribution in [0.5, 0.6) is 0 Å². The van der Waals surface area contributed by atoms with Gasteiger partial charge in [0.15, 0.2) is 5.78 Å². The predicted molar refractivity (Wildman–Crippen MR) is 93.8 cm³/mol. The molecule has 1 aliphatic heterocycles. The highest BCUT2D eigenvalue weighted by molar-refractivity contribution is 6.03. The molecule has 2 nitrogen and oxygen atoms in total. The quantitative estimate of drug-likeness (QED) is 0.711. The van der Waals surface area contributed by atoms with Crippen molar-refractivity contribution >= 4 is 11.5 Å². The van der Waals surface area contributed by atoms with Gasteiger partial charge in [0.1, 0.15) is 12.4 Å². The van der Waals surface area contributed by atoms with E-state index in [1.165, 1.54) is 22.3 Å². The lowest BCUT2D eigenvalue weighted by Crippen LogP contribution is -2.43. The molecule has 24 heavy (non-hydrogen) atoms. The Morgan fingerprint density at radius 1 is 0.833 bits per heavy atom. The zero-order valence-electron chi connectivity index (χ0n) is 13.7. The third kappa shape index (κ3) is 1.92. The Morgan fingerprint density at radius 3 is 2.38 bits per heavy atom. The predicted octanol–water partition coefficient (Wildman–Crippen LogP) is 4.58. The summed E-state index contributed by atoms with van der Waals surface area (Å²) >= 11 is 0. The number of ether oxygens (including phenoxy) is 1. The molecular formula is C22H20O2. The van der Waals surface area contributed by atoms with Crippen molar-refractivity contribution in [1.29, 1.82) is 0 Å². The molecule has 5 rings (SSSR count). The largest absolute Gasteiger partial charge is 0.492 e. The second-order valence-electron chi connectivity index (χ2n) is 7.32. The molecule has 0 saturated heterocycles. The Kier molecular flexibility index (Phi) is 2.97. The molecule has 1 atom stereocenters. The van der Waals surface area contributed by atoms with Crippen molar-refractivity contribution in [3.8, 4) is 0 Å². The van der Waals surface area contributed by atoms with E-state index < -0.39 is 0 Å². The fraction of sp³-hybridized carbons (Fsp3) is 0.318. The minimum Gasteiger partial charge on any atom is -0.492 e. The van der Waals surface area contributed by atoms with Crippen molar-refractivity contribution in [1.82, 2.24) is 0 Å². The van der Waals surface area contributed by atoms with E-state index in [2.05, 4.69) is 30.3 Å². The topological polar surface area (TPSA) is 26.3 Å². The van der Waals surface area contributed by atoms with E-state index in [1.807, 2.05) is 18.2 Å². The summed E-state index contributed by atoms with van der Waals surface area (Å²) in [5.74, 6) is 1.34. The normalized spacial score (nSPS) is 24.9. The second kappa shape index (κ2) is 5.07. The minimum absolute atomic E-state index is 0.287. The van der Waals surface area contributed by atoms with Gasteiger partial charge < -0.3 is 4.74 Å². The fourth-order valence-electron chi connectivity index (χ4n) is 4.61. The molecule has 0 saturated carbocycles. The molecule has 120 valence electrons. The molecule has 0 radical (unpaired) electrons. The van der Waals surface area contributed by atoms with Gasteiger partial charge in [-0.1, -0.05) is 48.5 Å². The van der Waals surface area contributed by atoms with Gasteiger partial charge in [0.2, 0.25) is 0 Å². The number of benzene rings is 2. The van der Waals surface area contributed by atoms with Gasteiger partial charge in [-0.2, -0.15) is 0 Å². The summed E-state index contributed by atoms with van der Waals surface area (Å²) in [7, 11) is 0. The van der Waals surface area contributed by atoms with E-state index >= 15 is 0 Å². The molecule has 3 aliphatic rings. The average molecular weight is 316 g/mol. The number of aryl methyl sites for hydroxylation is 2. The number of allylic oxidation sites excluding steroid dienone is 1. The monoisotopic (exact) mass is 316 g/mol. The van der Waals surface area contributed by atoms with Crippen molar-refractivity contribution in [2.75, 3.05) is 6.61 Å². The van der Waals surface area contributed by atoms with Crippen molar-refractivity contribution in [2.24, 2.45) is 5.41 Å². The lowest BCUT2D eigenvalue weighted by atomic mass is 9.65. The van der Waals surface area contributed by atoms with Crippen LogP contribution < -0.4 is 0 Å². The standard InChI is InChI=1S/C22H20O2/c23-21-19-8-4-2-6-16(19)11-12-22(21)13-17-10-9-15-5-1-3-7-18(15)20(17)24-14-22/h1-8H,9-14H2. The summed E-state index contributed by atoms with van der Waals surface area (Å²) in [6, 6.07) is 16.6. The molecule has 2 aliphatic carbocycles. The Bertz CT molecular complexity index is 877. The van der Waals surface area contributed by atoms with Crippen LogP contribution in [-0.4, -0.2) is 12.4 Å². The first-order valence-electron chi connectivity index (χ1n) is 8.83. The number of rotatable bonds is 0. The van der Waals surface area contributed by atoms with Gasteiger partial charge in [-0.3, -0.25) is 4.79 Å². The van der Waals surface area contributed by atoms with Crippen LogP contribution in [0.2, 0.25) is 0 Å². The first-order valence-corrected chi connectivity index (χ1v) is 8.83. The van der Waals surface area contributed by atoms with Crippen molar-refractivity contribution in [3.05, 3.63) is 76.4 Å². The highest BCUT2D eigenvalue weighted by Gasteiger charge is 2.47. The number of carbonyl (C=O) groups excluding carboxylic acids is 1. The number of hydrogen-bond donors (Lipinski definition) is 0. The minimum atomic E-state index is -0.348. The summed E-state index contributed by atoms with van der Waals surface area (Å²) in [5, 5.41) is 0. The molecular weight excluding hydrogens is 296 g/mol. The van der Waals surface area contributed by atoms with Crippen molar-refractivity contribution in [3.63, 3.8) is 0 Å². The molecule has 1 heterocycles. The number of ketones is 1. The van der Waals surface area contributed by atoms with Crippen LogP contribution in [0.15, 0.2) is 54.1 Å². The lowest BCUT2D eigenvalue weighted by Gasteiger charge is -2.42. The molecule has 2 aromatic carbocycles. The van der Waals surface area contributed by atoms with Crippen molar-refractivity contribution in [2.45, 2.75) is 32.1 Å². The summed E-state index contributed by atoms with van der Waals surface area (Å²) in [5.41, 5.74) is 5.70. The molecule has 0 fully saturated rings. The summed E-state index contributed by atoms with van der Waals surface area (Å²) in [6.07, 6.45) is 4.82. The highest BCUT2D eigenvalue weighted by Crippen LogP contribution is 2.48. The molecule has 0 N–H and O–H groups in total. The first-order chi connectivity index (χ1) is 11.8. The van der Waals surface area contributed by atoms with Crippen LogP contribution in [0.4, 0.5) is 0 Å². The number of fused-ring (bicyclic) bond motifs is 3. The third-order valence-electron chi connectivity index (χ3n) is 5.94. The van der Waals surface area contributed by atoms with Gasteiger partial charge in [-0.05, 0) is 48.8 Å². The number of hydrogen-bond acceptors (Lipinski definition) is 2. The zero-order chi connectivity index (χ0) is 16.1.